The average molecular weight is 465 g/mol. The first-order chi connectivity index (χ1) is 14.6. The highest BCUT2D eigenvalue weighted by atomic mass is 35.5. The lowest BCUT2D eigenvalue weighted by Gasteiger charge is -2.14. The van der Waals surface area contributed by atoms with Gasteiger partial charge in [0.1, 0.15) is 5.82 Å². The molecule has 1 atom stereocenters. The summed E-state index contributed by atoms with van der Waals surface area (Å²) in [6.45, 7) is 1.68. The summed E-state index contributed by atoms with van der Waals surface area (Å²) in [5.74, 6) is 0.0174. The van der Waals surface area contributed by atoms with Crippen molar-refractivity contribution in [2.45, 2.75) is 36.6 Å². The molecule has 2 heterocycles. The number of amides is 1. The van der Waals surface area contributed by atoms with E-state index >= 15 is 0 Å². The highest BCUT2D eigenvalue weighted by Crippen LogP contribution is 2.38. The van der Waals surface area contributed by atoms with Crippen molar-refractivity contribution in [1.82, 2.24) is 30.0 Å². The lowest BCUT2D eigenvalue weighted by Crippen LogP contribution is -2.29. The van der Waals surface area contributed by atoms with E-state index in [0.717, 1.165) is 37.3 Å². The maximum absolute atomic E-state index is 13.9. The molecule has 0 spiro atoms. The number of benzene rings is 1. The minimum atomic E-state index is -3.68. The van der Waals surface area contributed by atoms with Crippen molar-refractivity contribution in [3.05, 3.63) is 58.6 Å². The third kappa shape index (κ3) is 4.72. The van der Waals surface area contributed by atoms with Crippen LogP contribution in [-0.4, -0.2) is 45.3 Å². The van der Waals surface area contributed by atoms with Gasteiger partial charge in [0.05, 0.1) is 28.4 Å². The van der Waals surface area contributed by atoms with Gasteiger partial charge in [0, 0.05) is 17.7 Å². The Morgan fingerprint density at radius 3 is 2.55 bits per heavy atom. The number of sulfone groups is 1. The van der Waals surface area contributed by atoms with Gasteiger partial charge in [-0.3, -0.25) is 4.79 Å². The van der Waals surface area contributed by atoms with Crippen LogP contribution in [0.2, 0.25) is 5.02 Å². The fraction of sp³-hybridized carbons (Fsp3) is 0.316. The molecule has 1 aromatic carbocycles. The van der Waals surface area contributed by atoms with E-state index in [2.05, 4.69) is 25.4 Å². The van der Waals surface area contributed by atoms with Crippen LogP contribution in [-0.2, 0) is 9.84 Å². The first-order valence-electron chi connectivity index (χ1n) is 9.38. The van der Waals surface area contributed by atoms with E-state index < -0.39 is 27.6 Å². The molecule has 1 amide bonds. The second kappa shape index (κ2) is 7.97. The van der Waals surface area contributed by atoms with Gasteiger partial charge in [0.25, 0.3) is 11.9 Å². The Kier molecular flexibility index (Phi) is 5.48. The maximum Gasteiger partial charge on any atom is 0.252 e. The minimum Gasteiger partial charge on any atom is -0.342 e. The SMILES string of the molecule is C[C@H](NC(=O)c1cc(F)cc(S(C)(=O)=O)c1)c1nc(C2CC2)nn1-c1ncc(Cl)cn1. The van der Waals surface area contributed by atoms with Crippen LogP contribution in [0.3, 0.4) is 0 Å². The van der Waals surface area contributed by atoms with Crippen molar-refractivity contribution >= 4 is 27.3 Å². The largest absolute Gasteiger partial charge is 0.342 e. The number of rotatable bonds is 6. The predicted octanol–water partition coefficient (Wildman–Crippen LogP) is 2.62. The van der Waals surface area contributed by atoms with Crippen molar-refractivity contribution in [3.63, 3.8) is 0 Å². The molecule has 3 aromatic rings. The molecule has 162 valence electrons. The Balaban J connectivity index is 1.64. The molecular formula is C19H18ClFN6O3S. The molecule has 0 radical (unpaired) electrons. The summed E-state index contributed by atoms with van der Waals surface area (Å²) >= 11 is 5.86. The summed E-state index contributed by atoms with van der Waals surface area (Å²) in [6.07, 6.45) is 5.75. The summed E-state index contributed by atoms with van der Waals surface area (Å²) in [5.41, 5.74) is -0.122. The predicted molar refractivity (Wildman–Crippen MR) is 109 cm³/mol. The summed E-state index contributed by atoms with van der Waals surface area (Å²) in [5, 5.41) is 7.55. The highest BCUT2D eigenvalue weighted by molar-refractivity contribution is 7.90. The van der Waals surface area contributed by atoms with Crippen molar-refractivity contribution in [2.75, 3.05) is 6.26 Å². The number of nitrogens with one attached hydrogen (secondary N) is 1. The molecule has 1 saturated carbocycles. The molecule has 1 aliphatic carbocycles. The van der Waals surface area contributed by atoms with E-state index in [-0.39, 0.29) is 22.3 Å². The van der Waals surface area contributed by atoms with Gasteiger partial charge in [-0.05, 0) is 38.0 Å². The van der Waals surface area contributed by atoms with Crippen LogP contribution in [0.4, 0.5) is 4.39 Å². The summed E-state index contributed by atoms with van der Waals surface area (Å²) < 4.78 is 38.8. The Bertz CT molecular complexity index is 1260. The second-order valence-electron chi connectivity index (χ2n) is 7.36. The normalized spacial score (nSPS) is 15.0. The first-order valence-corrected chi connectivity index (χ1v) is 11.6. The van der Waals surface area contributed by atoms with Crippen LogP contribution in [0.5, 0.6) is 0 Å². The molecule has 0 saturated heterocycles. The molecule has 12 heteroatoms. The fourth-order valence-corrected chi connectivity index (χ4v) is 3.72. The zero-order valence-corrected chi connectivity index (χ0v) is 18.2. The van der Waals surface area contributed by atoms with Gasteiger partial charge < -0.3 is 5.32 Å². The van der Waals surface area contributed by atoms with E-state index in [4.69, 9.17) is 11.6 Å². The topological polar surface area (TPSA) is 120 Å². The van der Waals surface area contributed by atoms with Crippen molar-refractivity contribution in [1.29, 1.82) is 0 Å². The molecule has 1 N–H and O–H groups in total. The maximum atomic E-state index is 13.9. The molecule has 0 unspecified atom stereocenters. The first kappa shape index (κ1) is 21.3. The molecule has 9 nitrogen and oxygen atoms in total. The number of halogens is 2. The highest BCUT2D eigenvalue weighted by Gasteiger charge is 2.31. The lowest BCUT2D eigenvalue weighted by molar-refractivity contribution is 0.0937. The van der Waals surface area contributed by atoms with Crippen molar-refractivity contribution in [2.24, 2.45) is 0 Å². The van der Waals surface area contributed by atoms with E-state index in [9.17, 15) is 17.6 Å². The fourth-order valence-electron chi connectivity index (χ4n) is 2.95. The zero-order valence-electron chi connectivity index (χ0n) is 16.6. The van der Waals surface area contributed by atoms with E-state index in [0.29, 0.717) is 16.7 Å². The lowest BCUT2D eigenvalue weighted by atomic mass is 10.2. The van der Waals surface area contributed by atoms with E-state index in [1.165, 1.54) is 17.1 Å². The third-order valence-electron chi connectivity index (χ3n) is 4.68. The smallest absolute Gasteiger partial charge is 0.252 e. The van der Waals surface area contributed by atoms with Crippen LogP contribution < -0.4 is 5.32 Å². The third-order valence-corrected chi connectivity index (χ3v) is 5.97. The molecule has 0 aliphatic heterocycles. The number of hydrogen-bond donors (Lipinski definition) is 1. The van der Waals surface area contributed by atoms with Crippen LogP contribution in [0.25, 0.3) is 5.95 Å². The summed E-state index contributed by atoms with van der Waals surface area (Å²) in [4.78, 5) is 25.3. The number of aromatic nitrogens is 5. The van der Waals surface area contributed by atoms with Gasteiger partial charge in [-0.25, -0.2) is 27.8 Å². The van der Waals surface area contributed by atoms with Crippen molar-refractivity contribution in [3.8, 4) is 5.95 Å². The van der Waals surface area contributed by atoms with Gasteiger partial charge in [-0.1, -0.05) is 11.6 Å². The summed E-state index contributed by atoms with van der Waals surface area (Å²) in [7, 11) is -3.68. The molecule has 31 heavy (non-hydrogen) atoms. The Labute approximate surface area is 182 Å². The summed E-state index contributed by atoms with van der Waals surface area (Å²) in [6, 6.07) is 2.31. The molecule has 2 aromatic heterocycles. The van der Waals surface area contributed by atoms with Gasteiger partial charge in [-0.15, -0.1) is 5.10 Å². The van der Waals surface area contributed by atoms with Gasteiger partial charge in [0.15, 0.2) is 21.5 Å². The van der Waals surface area contributed by atoms with Crippen LogP contribution >= 0.6 is 11.6 Å². The van der Waals surface area contributed by atoms with E-state index in [1.54, 1.807) is 6.92 Å². The molecule has 0 bridgehead atoms. The molecule has 1 aliphatic rings. The molecular weight excluding hydrogens is 447 g/mol. The second-order valence-corrected chi connectivity index (χ2v) is 9.81. The van der Waals surface area contributed by atoms with Crippen LogP contribution in [0, 0.1) is 5.82 Å². The van der Waals surface area contributed by atoms with Gasteiger partial charge in [0.2, 0.25) is 0 Å². The van der Waals surface area contributed by atoms with Crippen LogP contribution in [0.15, 0.2) is 35.5 Å². The number of carbonyl (C=O) groups excluding carboxylic acids is 1. The van der Waals surface area contributed by atoms with Gasteiger partial charge >= 0.3 is 0 Å². The van der Waals surface area contributed by atoms with Crippen LogP contribution in [0.1, 0.15) is 53.7 Å². The minimum absolute atomic E-state index is 0.122. The quantitative estimate of drug-likeness (QED) is 0.595. The Morgan fingerprint density at radius 2 is 1.94 bits per heavy atom. The van der Waals surface area contributed by atoms with E-state index in [1.807, 2.05) is 0 Å². The Hall–Kier alpha value is -2.92. The average Bonchev–Trinajstić information content (AvgIpc) is 3.46. The Morgan fingerprint density at radius 1 is 1.26 bits per heavy atom. The molecule has 1 fully saturated rings. The zero-order chi connectivity index (χ0) is 22.3. The van der Waals surface area contributed by atoms with Crippen molar-refractivity contribution < 1.29 is 17.6 Å². The monoisotopic (exact) mass is 464 g/mol. The number of nitrogens with zero attached hydrogens (tertiary/aromatic N) is 5. The standard InChI is InChI=1S/C19H18ClFN6O3S/c1-10(24-18(28)12-5-14(21)7-15(6-12)31(2,29)30)17-25-16(11-3-4-11)26-27(17)19-22-8-13(20)9-23-19/h5-11H,3-4H2,1-2H3,(H,24,28)/t10-/m0/s1. The van der Waals surface area contributed by atoms with Gasteiger partial charge in [-0.2, -0.15) is 4.68 Å². The molecule has 4 rings (SSSR count). The number of hydrogen-bond acceptors (Lipinski definition) is 7. The number of carbonyl (C=O) groups is 1.